The van der Waals surface area contributed by atoms with E-state index in [2.05, 4.69) is 15.0 Å². The summed E-state index contributed by atoms with van der Waals surface area (Å²) in [5, 5.41) is 0.749. The highest BCUT2D eigenvalue weighted by molar-refractivity contribution is 5.96. The Kier molecular flexibility index (Phi) is 3.47. The van der Waals surface area contributed by atoms with Gasteiger partial charge in [-0.1, -0.05) is 18.2 Å². The normalized spacial score (nSPS) is 11.1. The number of aromatic amines is 1. The average molecular weight is 279 g/mol. The summed E-state index contributed by atoms with van der Waals surface area (Å²) in [4.78, 5) is 22.5. The molecule has 104 valence electrons. The highest BCUT2D eigenvalue weighted by Crippen LogP contribution is 2.29. The Morgan fingerprint density at radius 1 is 1.24 bits per heavy atom. The molecule has 0 amide bonds. The molecule has 5 nitrogen and oxygen atoms in total. The van der Waals surface area contributed by atoms with Crippen LogP contribution in [0.25, 0.3) is 17.1 Å². The number of ether oxygens (including phenoxy) is 1. The minimum absolute atomic E-state index is 0.0215. The molecule has 0 saturated carbocycles. The second kappa shape index (κ2) is 5.58. The van der Waals surface area contributed by atoms with Gasteiger partial charge >= 0.3 is 0 Å². The number of carbonyl (C=O) groups excluding carboxylic acids is 1. The first kappa shape index (κ1) is 13.1. The number of allylic oxidation sites excluding steroid dienone is 1. The van der Waals surface area contributed by atoms with Crippen LogP contribution >= 0.6 is 0 Å². The van der Waals surface area contributed by atoms with Crippen molar-refractivity contribution < 1.29 is 9.53 Å². The van der Waals surface area contributed by atoms with Crippen molar-refractivity contribution in [3.8, 4) is 11.6 Å². The lowest BCUT2D eigenvalue weighted by molar-refractivity contribution is -0.112. The third-order valence-electron chi connectivity index (χ3n) is 2.92. The predicted octanol–water partition coefficient (Wildman–Crippen LogP) is 3.35. The van der Waals surface area contributed by atoms with Crippen molar-refractivity contribution in [1.82, 2.24) is 15.0 Å². The lowest BCUT2D eigenvalue weighted by Gasteiger charge is -2.05. The Morgan fingerprint density at radius 3 is 2.81 bits per heavy atom. The molecule has 3 aromatic rings. The number of nitrogens with one attached hydrogen (secondary N) is 1. The second-order valence-corrected chi connectivity index (χ2v) is 4.51. The molecule has 1 N–H and O–H groups in total. The van der Waals surface area contributed by atoms with Crippen molar-refractivity contribution in [3.05, 3.63) is 54.5 Å². The molecular formula is C16H13N3O2. The number of hydrogen-bond donors (Lipinski definition) is 1. The molecule has 3 rings (SSSR count). The zero-order chi connectivity index (χ0) is 14.7. The number of ketones is 1. The van der Waals surface area contributed by atoms with E-state index in [4.69, 9.17) is 4.74 Å². The lowest BCUT2D eigenvalue weighted by atomic mass is 10.2. The van der Waals surface area contributed by atoms with Crippen molar-refractivity contribution in [3.63, 3.8) is 0 Å². The molecule has 2 heterocycles. The van der Waals surface area contributed by atoms with Gasteiger partial charge in [-0.3, -0.25) is 4.79 Å². The largest absolute Gasteiger partial charge is 0.438 e. The van der Waals surface area contributed by atoms with Gasteiger partial charge in [0.05, 0.1) is 5.39 Å². The zero-order valence-corrected chi connectivity index (χ0v) is 11.4. The standard InChI is InChI=1S/C16H13N3O2/c1-11(20)7-8-12-9-17-15-14(12)16(19-10-18-15)21-13-5-3-2-4-6-13/h2-10H,1H3,(H,17,18,19). The first-order valence-electron chi connectivity index (χ1n) is 6.47. The van der Waals surface area contributed by atoms with E-state index < -0.39 is 0 Å². The van der Waals surface area contributed by atoms with E-state index in [0.29, 0.717) is 17.3 Å². The quantitative estimate of drug-likeness (QED) is 0.744. The lowest BCUT2D eigenvalue weighted by Crippen LogP contribution is -1.91. The smallest absolute Gasteiger partial charge is 0.232 e. The molecule has 0 aliphatic rings. The van der Waals surface area contributed by atoms with Gasteiger partial charge in [0.15, 0.2) is 5.78 Å². The molecule has 0 unspecified atom stereocenters. The molecule has 0 fully saturated rings. The molecule has 0 bridgehead atoms. The van der Waals surface area contributed by atoms with Crippen molar-refractivity contribution in [2.24, 2.45) is 0 Å². The topological polar surface area (TPSA) is 67.9 Å². The summed E-state index contributed by atoms with van der Waals surface area (Å²) in [7, 11) is 0. The van der Waals surface area contributed by atoms with Crippen molar-refractivity contribution in [2.45, 2.75) is 6.92 Å². The van der Waals surface area contributed by atoms with E-state index in [9.17, 15) is 4.79 Å². The van der Waals surface area contributed by atoms with Crippen molar-refractivity contribution in [2.75, 3.05) is 0 Å². The van der Waals surface area contributed by atoms with Crippen LogP contribution in [-0.4, -0.2) is 20.7 Å². The molecule has 0 aliphatic heterocycles. The molecule has 5 heteroatoms. The highest BCUT2D eigenvalue weighted by Gasteiger charge is 2.11. The van der Waals surface area contributed by atoms with E-state index >= 15 is 0 Å². The predicted molar refractivity (Wildman–Crippen MR) is 80.1 cm³/mol. The van der Waals surface area contributed by atoms with Gasteiger partial charge in [0.2, 0.25) is 5.88 Å². The summed E-state index contributed by atoms with van der Waals surface area (Å²) in [6.45, 7) is 1.50. The number of carbonyl (C=O) groups is 1. The molecule has 0 radical (unpaired) electrons. The summed E-state index contributed by atoms with van der Waals surface area (Å²) in [5.74, 6) is 1.13. The van der Waals surface area contributed by atoms with Crippen LogP contribution in [-0.2, 0) is 4.79 Å². The Labute approximate surface area is 121 Å². The fraction of sp³-hybridized carbons (Fsp3) is 0.0625. The maximum Gasteiger partial charge on any atom is 0.232 e. The van der Waals surface area contributed by atoms with E-state index in [1.165, 1.54) is 19.3 Å². The number of fused-ring (bicyclic) bond motifs is 1. The van der Waals surface area contributed by atoms with Crippen LogP contribution < -0.4 is 4.74 Å². The Morgan fingerprint density at radius 2 is 2.05 bits per heavy atom. The molecule has 21 heavy (non-hydrogen) atoms. The van der Waals surface area contributed by atoms with Gasteiger partial charge in [-0.05, 0) is 31.2 Å². The monoisotopic (exact) mass is 279 g/mol. The fourth-order valence-electron chi connectivity index (χ4n) is 1.97. The average Bonchev–Trinajstić information content (AvgIpc) is 2.90. The van der Waals surface area contributed by atoms with E-state index in [-0.39, 0.29) is 5.78 Å². The van der Waals surface area contributed by atoms with Crippen LogP contribution in [0.4, 0.5) is 0 Å². The van der Waals surface area contributed by atoms with Crippen LogP contribution in [0.15, 0.2) is 48.9 Å². The number of H-pyrrole nitrogens is 1. The van der Waals surface area contributed by atoms with E-state index in [1.807, 2.05) is 30.3 Å². The van der Waals surface area contributed by atoms with Crippen LogP contribution in [0.1, 0.15) is 12.5 Å². The minimum atomic E-state index is -0.0215. The Bertz CT molecular complexity index is 807. The molecule has 0 atom stereocenters. The summed E-state index contributed by atoms with van der Waals surface area (Å²) in [6, 6.07) is 9.40. The Balaban J connectivity index is 2.06. The van der Waals surface area contributed by atoms with Gasteiger partial charge < -0.3 is 9.72 Å². The molecule has 0 aliphatic carbocycles. The number of para-hydroxylation sites is 1. The maximum atomic E-state index is 11.1. The van der Waals surface area contributed by atoms with Crippen molar-refractivity contribution >= 4 is 22.9 Å². The third kappa shape index (κ3) is 2.81. The molecule has 1 aromatic carbocycles. The first-order chi connectivity index (χ1) is 10.2. The molecular weight excluding hydrogens is 266 g/mol. The maximum absolute atomic E-state index is 11.1. The highest BCUT2D eigenvalue weighted by atomic mass is 16.5. The van der Waals surface area contributed by atoms with Gasteiger partial charge in [0.25, 0.3) is 0 Å². The van der Waals surface area contributed by atoms with Crippen LogP contribution in [0.2, 0.25) is 0 Å². The number of rotatable bonds is 4. The summed E-state index contributed by atoms with van der Waals surface area (Å²) < 4.78 is 5.81. The first-order valence-corrected chi connectivity index (χ1v) is 6.47. The Hall–Kier alpha value is -2.95. The van der Waals surface area contributed by atoms with Gasteiger partial charge in [0, 0.05) is 11.8 Å². The van der Waals surface area contributed by atoms with Gasteiger partial charge in [-0.15, -0.1) is 0 Å². The van der Waals surface area contributed by atoms with Crippen molar-refractivity contribution in [1.29, 1.82) is 0 Å². The van der Waals surface area contributed by atoms with Gasteiger partial charge in [0.1, 0.15) is 17.7 Å². The number of benzene rings is 1. The summed E-state index contributed by atoms with van der Waals surface area (Å²) in [6.07, 6.45) is 6.44. The second-order valence-electron chi connectivity index (χ2n) is 4.51. The zero-order valence-electron chi connectivity index (χ0n) is 11.4. The number of aromatic nitrogens is 3. The van der Waals surface area contributed by atoms with Crippen LogP contribution in [0.5, 0.6) is 11.6 Å². The van der Waals surface area contributed by atoms with Gasteiger partial charge in [-0.25, -0.2) is 9.97 Å². The number of nitrogens with zero attached hydrogens (tertiary/aromatic N) is 2. The SMILES string of the molecule is CC(=O)C=Cc1c[nH]c2ncnc(Oc3ccccc3)c12. The minimum Gasteiger partial charge on any atom is -0.438 e. The third-order valence-corrected chi connectivity index (χ3v) is 2.92. The molecule has 0 spiro atoms. The molecule has 2 aromatic heterocycles. The van der Waals surface area contributed by atoms with E-state index in [1.54, 1.807) is 12.3 Å². The van der Waals surface area contributed by atoms with Gasteiger partial charge in [-0.2, -0.15) is 0 Å². The number of hydrogen-bond acceptors (Lipinski definition) is 4. The fourth-order valence-corrected chi connectivity index (χ4v) is 1.97. The summed E-state index contributed by atoms with van der Waals surface area (Å²) >= 11 is 0. The van der Waals surface area contributed by atoms with Crippen LogP contribution in [0.3, 0.4) is 0 Å². The van der Waals surface area contributed by atoms with E-state index in [0.717, 1.165) is 10.9 Å². The van der Waals surface area contributed by atoms with Crippen LogP contribution in [0, 0.1) is 0 Å². The summed E-state index contributed by atoms with van der Waals surface area (Å²) in [5.41, 5.74) is 1.48. The molecule has 0 saturated heterocycles.